The van der Waals surface area contributed by atoms with Crippen molar-refractivity contribution in [3.8, 4) is 0 Å². The molecule has 2 heterocycles. The average Bonchev–Trinajstić information content (AvgIpc) is 2.91. The zero-order valence-corrected chi connectivity index (χ0v) is 12.7. The quantitative estimate of drug-likeness (QED) is 0.815. The van der Waals surface area contributed by atoms with Crippen molar-refractivity contribution in [1.29, 1.82) is 0 Å². The molecule has 22 heavy (non-hydrogen) atoms. The molecule has 112 valence electrons. The summed E-state index contributed by atoms with van der Waals surface area (Å²) in [5, 5.41) is -0.440. The molecule has 1 aliphatic heterocycles. The minimum absolute atomic E-state index is 0.0547. The standard InChI is InChI=1S/C17H15ClN2O2/c18-17(22)14-10-16(21)20(11-14)15-3-1-12(2-4-15)9-13-5-7-19-8-6-13/h1-8,14H,9-11H2/t14-/m1/s1. The molecular formula is C17H15ClN2O2. The SMILES string of the molecule is O=C(Cl)[C@@H]1CC(=O)N(c2ccc(Cc3ccncc3)cc2)C1. The van der Waals surface area contributed by atoms with E-state index in [9.17, 15) is 9.59 Å². The van der Waals surface area contributed by atoms with Crippen LogP contribution in [0.3, 0.4) is 0 Å². The molecule has 1 aromatic heterocycles. The third kappa shape index (κ3) is 3.17. The van der Waals surface area contributed by atoms with Gasteiger partial charge in [0.15, 0.2) is 0 Å². The first kappa shape index (κ1) is 14.7. The van der Waals surface area contributed by atoms with Crippen molar-refractivity contribution in [3.05, 3.63) is 59.9 Å². The summed E-state index contributed by atoms with van der Waals surface area (Å²) in [5.74, 6) is -0.452. The highest BCUT2D eigenvalue weighted by atomic mass is 35.5. The summed E-state index contributed by atoms with van der Waals surface area (Å²) >= 11 is 5.49. The summed E-state index contributed by atoms with van der Waals surface area (Å²) in [6.45, 7) is 0.366. The van der Waals surface area contributed by atoms with Crippen LogP contribution < -0.4 is 4.90 Å². The van der Waals surface area contributed by atoms with Gasteiger partial charge in [0.05, 0.1) is 5.92 Å². The van der Waals surface area contributed by atoms with Crippen LogP contribution in [0.5, 0.6) is 0 Å². The highest BCUT2D eigenvalue weighted by Gasteiger charge is 2.34. The highest BCUT2D eigenvalue weighted by Crippen LogP contribution is 2.27. The molecule has 0 radical (unpaired) electrons. The van der Waals surface area contributed by atoms with Crippen LogP contribution in [0.1, 0.15) is 17.5 Å². The number of carbonyl (C=O) groups is 2. The van der Waals surface area contributed by atoms with Gasteiger partial charge in [-0.3, -0.25) is 14.6 Å². The van der Waals surface area contributed by atoms with Crippen LogP contribution in [-0.2, 0) is 16.0 Å². The van der Waals surface area contributed by atoms with Gasteiger partial charge in [-0.05, 0) is 53.4 Å². The molecule has 2 aromatic rings. The summed E-state index contributed by atoms with van der Waals surface area (Å²) in [7, 11) is 0. The van der Waals surface area contributed by atoms with Gasteiger partial charge in [-0.1, -0.05) is 12.1 Å². The molecule has 0 bridgehead atoms. The lowest BCUT2D eigenvalue weighted by atomic mass is 10.1. The normalized spacial score (nSPS) is 17.8. The van der Waals surface area contributed by atoms with E-state index in [4.69, 9.17) is 11.6 Å². The van der Waals surface area contributed by atoms with Gasteiger partial charge in [0.1, 0.15) is 0 Å². The molecule has 0 N–H and O–H groups in total. The second-order valence-electron chi connectivity index (χ2n) is 5.41. The molecule has 1 atom stereocenters. The molecule has 3 rings (SSSR count). The Labute approximate surface area is 133 Å². The Kier molecular flexibility index (Phi) is 4.20. The number of hydrogen-bond donors (Lipinski definition) is 0. The molecular weight excluding hydrogens is 300 g/mol. The fourth-order valence-corrected chi connectivity index (χ4v) is 2.79. The van der Waals surface area contributed by atoms with Gasteiger partial charge >= 0.3 is 0 Å². The molecule has 1 saturated heterocycles. The van der Waals surface area contributed by atoms with Crippen LogP contribution in [0.4, 0.5) is 5.69 Å². The summed E-state index contributed by atoms with van der Waals surface area (Å²) in [4.78, 5) is 28.8. The highest BCUT2D eigenvalue weighted by molar-refractivity contribution is 6.64. The minimum Gasteiger partial charge on any atom is -0.312 e. The van der Waals surface area contributed by atoms with E-state index in [-0.39, 0.29) is 12.3 Å². The van der Waals surface area contributed by atoms with Crippen LogP contribution in [0.25, 0.3) is 0 Å². The number of pyridine rings is 1. The van der Waals surface area contributed by atoms with E-state index in [1.807, 2.05) is 36.4 Å². The number of nitrogens with zero attached hydrogens (tertiary/aromatic N) is 2. The number of benzene rings is 1. The van der Waals surface area contributed by atoms with Gasteiger partial charge in [0.25, 0.3) is 0 Å². The fraction of sp³-hybridized carbons (Fsp3) is 0.235. The van der Waals surface area contributed by atoms with Crippen molar-refractivity contribution < 1.29 is 9.59 Å². The van der Waals surface area contributed by atoms with E-state index in [0.717, 1.165) is 17.7 Å². The number of hydrogen-bond acceptors (Lipinski definition) is 3. The predicted molar refractivity (Wildman–Crippen MR) is 84.8 cm³/mol. The molecule has 1 amide bonds. The van der Waals surface area contributed by atoms with Crippen LogP contribution in [0.15, 0.2) is 48.8 Å². The maximum Gasteiger partial charge on any atom is 0.227 e. The van der Waals surface area contributed by atoms with Gasteiger partial charge in [-0.2, -0.15) is 0 Å². The first-order valence-electron chi connectivity index (χ1n) is 7.11. The summed E-state index contributed by atoms with van der Waals surface area (Å²) in [6, 6.07) is 11.8. The number of amides is 1. The van der Waals surface area contributed by atoms with E-state index < -0.39 is 11.2 Å². The Morgan fingerprint density at radius 3 is 2.36 bits per heavy atom. The summed E-state index contributed by atoms with van der Waals surface area (Å²) < 4.78 is 0. The predicted octanol–water partition coefficient (Wildman–Crippen LogP) is 2.79. The number of aromatic nitrogens is 1. The van der Waals surface area contributed by atoms with Crippen molar-refractivity contribution in [3.63, 3.8) is 0 Å². The van der Waals surface area contributed by atoms with Crippen LogP contribution >= 0.6 is 11.6 Å². The molecule has 0 spiro atoms. The van der Waals surface area contributed by atoms with Gasteiger partial charge < -0.3 is 4.90 Å². The molecule has 5 heteroatoms. The lowest BCUT2D eigenvalue weighted by Gasteiger charge is -2.16. The monoisotopic (exact) mass is 314 g/mol. The smallest absolute Gasteiger partial charge is 0.227 e. The Hall–Kier alpha value is -2.20. The van der Waals surface area contributed by atoms with E-state index in [1.54, 1.807) is 17.3 Å². The molecule has 0 unspecified atom stereocenters. The lowest BCUT2D eigenvalue weighted by molar-refractivity contribution is -0.120. The third-order valence-electron chi connectivity index (χ3n) is 3.85. The molecule has 1 aliphatic rings. The largest absolute Gasteiger partial charge is 0.312 e. The zero-order valence-electron chi connectivity index (χ0n) is 11.9. The number of anilines is 1. The molecule has 4 nitrogen and oxygen atoms in total. The van der Waals surface area contributed by atoms with E-state index in [1.165, 1.54) is 5.56 Å². The topological polar surface area (TPSA) is 50.3 Å². The van der Waals surface area contributed by atoms with Crippen molar-refractivity contribution in [2.75, 3.05) is 11.4 Å². The Morgan fingerprint density at radius 2 is 1.77 bits per heavy atom. The fourth-order valence-electron chi connectivity index (χ4n) is 2.64. The number of halogens is 1. The van der Waals surface area contributed by atoms with Crippen LogP contribution in [-0.4, -0.2) is 22.7 Å². The van der Waals surface area contributed by atoms with Crippen LogP contribution in [0, 0.1) is 5.92 Å². The first-order chi connectivity index (χ1) is 10.6. The van der Waals surface area contributed by atoms with Crippen LogP contribution in [0.2, 0.25) is 0 Å². The van der Waals surface area contributed by atoms with E-state index in [2.05, 4.69) is 4.98 Å². The average molecular weight is 315 g/mol. The third-order valence-corrected chi connectivity index (χ3v) is 4.16. The van der Waals surface area contributed by atoms with Gasteiger partial charge in [0, 0.05) is 31.0 Å². The Bertz CT molecular complexity index is 686. The minimum atomic E-state index is -0.440. The van der Waals surface area contributed by atoms with Crippen molar-refractivity contribution >= 4 is 28.4 Å². The van der Waals surface area contributed by atoms with Gasteiger partial charge in [-0.25, -0.2) is 0 Å². The van der Waals surface area contributed by atoms with E-state index in [0.29, 0.717) is 6.54 Å². The Balaban J connectivity index is 1.72. The van der Waals surface area contributed by atoms with Gasteiger partial charge in [-0.15, -0.1) is 0 Å². The maximum absolute atomic E-state index is 12.0. The molecule has 0 saturated carbocycles. The molecule has 0 aliphatic carbocycles. The van der Waals surface area contributed by atoms with Gasteiger partial charge in [0.2, 0.25) is 11.1 Å². The van der Waals surface area contributed by atoms with E-state index >= 15 is 0 Å². The second-order valence-corrected chi connectivity index (χ2v) is 5.78. The molecule has 1 aromatic carbocycles. The molecule has 1 fully saturated rings. The number of carbonyl (C=O) groups excluding carboxylic acids is 2. The number of rotatable bonds is 4. The summed E-state index contributed by atoms with van der Waals surface area (Å²) in [5.41, 5.74) is 3.16. The first-order valence-corrected chi connectivity index (χ1v) is 7.49. The second kappa shape index (κ2) is 6.28. The lowest BCUT2D eigenvalue weighted by Crippen LogP contribution is -2.25. The summed E-state index contributed by atoms with van der Waals surface area (Å²) in [6.07, 6.45) is 4.56. The maximum atomic E-state index is 12.0. The Morgan fingerprint density at radius 1 is 1.14 bits per heavy atom. The van der Waals surface area contributed by atoms with Crippen molar-refractivity contribution in [2.45, 2.75) is 12.8 Å². The van der Waals surface area contributed by atoms with Crippen molar-refractivity contribution in [1.82, 2.24) is 4.98 Å². The van der Waals surface area contributed by atoms with Crippen molar-refractivity contribution in [2.24, 2.45) is 5.92 Å². The zero-order chi connectivity index (χ0) is 15.5.